The van der Waals surface area contributed by atoms with Crippen LogP contribution in [0.1, 0.15) is 55.8 Å². The molecule has 1 atom stereocenters. The van der Waals surface area contributed by atoms with Crippen LogP contribution in [-0.4, -0.2) is 4.98 Å². The van der Waals surface area contributed by atoms with Crippen molar-refractivity contribution < 1.29 is 4.39 Å². The maximum absolute atomic E-state index is 13.2. The number of rotatable bonds is 5. The molecule has 1 unspecified atom stereocenters. The quantitative estimate of drug-likeness (QED) is 0.739. The number of nitrogens with zero attached hydrogens (tertiary/aromatic N) is 1. The zero-order valence-corrected chi connectivity index (χ0v) is 12.4. The Bertz CT molecular complexity index is 563. The molecule has 0 bridgehead atoms. The monoisotopic (exact) mass is 271 g/mol. The van der Waals surface area contributed by atoms with Crippen molar-refractivity contribution in [2.75, 3.05) is 0 Å². The van der Waals surface area contributed by atoms with Gasteiger partial charge in [0.2, 0.25) is 0 Å². The summed E-state index contributed by atoms with van der Waals surface area (Å²) in [6.45, 7) is 6.52. The van der Waals surface area contributed by atoms with Gasteiger partial charge >= 0.3 is 0 Å². The zero-order chi connectivity index (χ0) is 14.5. The molecule has 0 saturated carbocycles. The Labute approximate surface area is 120 Å². The van der Waals surface area contributed by atoms with Crippen molar-refractivity contribution in [2.45, 2.75) is 45.4 Å². The van der Waals surface area contributed by atoms with Gasteiger partial charge in [0, 0.05) is 11.9 Å². The molecule has 0 N–H and O–H groups in total. The summed E-state index contributed by atoms with van der Waals surface area (Å²) in [7, 11) is 0. The molecule has 1 aromatic heterocycles. The van der Waals surface area contributed by atoms with Crippen molar-refractivity contribution in [2.24, 2.45) is 0 Å². The number of hydrogen-bond donors (Lipinski definition) is 0. The second-order valence-corrected chi connectivity index (χ2v) is 5.74. The third-order valence-corrected chi connectivity index (χ3v) is 3.73. The highest BCUT2D eigenvalue weighted by Crippen LogP contribution is 2.22. The van der Waals surface area contributed by atoms with Crippen molar-refractivity contribution in [3.63, 3.8) is 0 Å². The van der Waals surface area contributed by atoms with E-state index in [9.17, 15) is 4.39 Å². The van der Waals surface area contributed by atoms with E-state index in [1.54, 1.807) is 6.20 Å². The van der Waals surface area contributed by atoms with Crippen LogP contribution in [-0.2, 0) is 6.42 Å². The minimum Gasteiger partial charge on any atom is -0.261 e. The largest absolute Gasteiger partial charge is 0.261 e. The third kappa shape index (κ3) is 3.89. The van der Waals surface area contributed by atoms with Crippen LogP contribution in [0.3, 0.4) is 0 Å². The average Bonchev–Trinajstić information content (AvgIpc) is 2.45. The Balaban J connectivity index is 1.99. The maximum Gasteiger partial charge on any atom is 0.126 e. The normalized spacial score (nSPS) is 12.7. The Morgan fingerprint density at radius 2 is 1.90 bits per heavy atom. The van der Waals surface area contributed by atoms with Crippen molar-refractivity contribution in [1.82, 2.24) is 4.98 Å². The van der Waals surface area contributed by atoms with E-state index in [4.69, 9.17) is 0 Å². The second-order valence-electron chi connectivity index (χ2n) is 5.74. The number of aromatic nitrogens is 1. The molecule has 1 heterocycles. The molecule has 1 nitrogen and oxygen atoms in total. The SMILES string of the molecule is CC(C)c1cccc(CCC(C)c2cc(F)ccn2)c1. The van der Waals surface area contributed by atoms with Crippen LogP contribution in [0.25, 0.3) is 0 Å². The fourth-order valence-corrected chi connectivity index (χ4v) is 2.33. The van der Waals surface area contributed by atoms with E-state index in [0.29, 0.717) is 5.92 Å². The Hall–Kier alpha value is -1.70. The minimum atomic E-state index is -0.205. The van der Waals surface area contributed by atoms with Gasteiger partial charge in [0.05, 0.1) is 0 Å². The molecule has 0 spiro atoms. The lowest BCUT2D eigenvalue weighted by atomic mass is 9.95. The molecule has 20 heavy (non-hydrogen) atoms. The van der Waals surface area contributed by atoms with Gasteiger partial charge in [-0.15, -0.1) is 0 Å². The summed E-state index contributed by atoms with van der Waals surface area (Å²) in [5, 5.41) is 0. The molecular formula is C18H22FN. The van der Waals surface area contributed by atoms with E-state index in [-0.39, 0.29) is 11.7 Å². The topological polar surface area (TPSA) is 12.9 Å². The van der Waals surface area contributed by atoms with E-state index >= 15 is 0 Å². The predicted molar refractivity (Wildman–Crippen MR) is 81.5 cm³/mol. The van der Waals surface area contributed by atoms with Gasteiger partial charge in [0.25, 0.3) is 0 Å². The van der Waals surface area contributed by atoms with E-state index in [0.717, 1.165) is 18.5 Å². The Morgan fingerprint density at radius 3 is 2.60 bits per heavy atom. The lowest BCUT2D eigenvalue weighted by Gasteiger charge is -2.12. The molecule has 0 saturated heterocycles. The van der Waals surface area contributed by atoms with Crippen LogP contribution < -0.4 is 0 Å². The van der Waals surface area contributed by atoms with E-state index in [1.165, 1.54) is 23.3 Å². The van der Waals surface area contributed by atoms with Gasteiger partial charge in [-0.2, -0.15) is 0 Å². The number of aryl methyl sites for hydroxylation is 1. The fourth-order valence-electron chi connectivity index (χ4n) is 2.33. The predicted octanol–water partition coefficient (Wildman–Crippen LogP) is 5.08. The minimum absolute atomic E-state index is 0.205. The van der Waals surface area contributed by atoms with Gasteiger partial charge in [-0.05, 0) is 47.9 Å². The first-order valence-electron chi connectivity index (χ1n) is 7.26. The van der Waals surface area contributed by atoms with Gasteiger partial charge in [-0.25, -0.2) is 4.39 Å². The summed E-state index contributed by atoms with van der Waals surface area (Å²) in [6, 6.07) is 11.7. The summed E-state index contributed by atoms with van der Waals surface area (Å²) < 4.78 is 13.2. The Morgan fingerprint density at radius 1 is 1.10 bits per heavy atom. The summed E-state index contributed by atoms with van der Waals surface area (Å²) in [5.74, 6) is 0.620. The number of pyridine rings is 1. The summed E-state index contributed by atoms with van der Waals surface area (Å²) >= 11 is 0. The van der Waals surface area contributed by atoms with Crippen LogP contribution in [0.2, 0.25) is 0 Å². The maximum atomic E-state index is 13.2. The third-order valence-electron chi connectivity index (χ3n) is 3.73. The van der Waals surface area contributed by atoms with Crippen LogP contribution in [0.5, 0.6) is 0 Å². The molecule has 0 radical (unpaired) electrons. The summed E-state index contributed by atoms with van der Waals surface area (Å²) in [5.41, 5.74) is 3.56. The molecule has 106 valence electrons. The van der Waals surface area contributed by atoms with Crippen LogP contribution in [0.15, 0.2) is 42.6 Å². The first-order chi connectivity index (χ1) is 9.56. The first kappa shape index (κ1) is 14.7. The van der Waals surface area contributed by atoms with Gasteiger partial charge in [0.15, 0.2) is 0 Å². The summed E-state index contributed by atoms with van der Waals surface area (Å²) in [6.07, 6.45) is 3.53. The van der Waals surface area contributed by atoms with E-state index in [1.807, 2.05) is 0 Å². The van der Waals surface area contributed by atoms with E-state index in [2.05, 4.69) is 50.0 Å². The highest BCUT2D eigenvalue weighted by molar-refractivity contribution is 5.26. The molecule has 0 aliphatic rings. The molecule has 0 aliphatic carbocycles. The number of benzene rings is 1. The van der Waals surface area contributed by atoms with Crippen LogP contribution in [0.4, 0.5) is 4.39 Å². The molecule has 0 aliphatic heterocycles. The fraction of sp³-hybridized carbons (Fsp3) is 0.389. The highest BCUT2D eigenvalue weighted by atomic mass is 19.1. The summed E-state index contributed by atoms with van der Waals surface area (Å²) in [4.78, 5) is 4.26. The van der Waals surface area contributed by atoms with Gasteiger partial charge in [-0.3, -0.25) is 4.98 Å². The van der Waals surface area contributed by atoms with Crippen LogP contribution >= 0.6 is 0 Å². The number of halogens is 1. The smallest absolute Gasteiger partial charge is 0.126 e. The second kappa shape index (κ2) is 6.65. The lowest BCUT2D eigenvalue weighted by molar-refractivity contribution is 0.605. The molecular weight excluding hydrogens is 249 g/mol. The van der Waals surface area contributed by atoms with Crippen molar-refractivity contribution >= 4 is 0 Å². The molecule has 0 fully saturated rings. The zero-order valence-electron chi connectivity index (χ0n) is 12.4. The van der Waals surface area contributed by atoms with Crippen molar-refractivity contribution in [3.8, 4) is 0 Å². The first-order valence-corrected chi connectivity index (χ1v) is 7.26. The lowest BCUT2D eigenvalue weighted by Crippen LogP contribution is -2.00. The number of hydrogen-bond acceptors (Lipinski definition) is 1. The van der Waals surface area contributed by atoms with Gasteiger partial charge < -0.3 is 0 Å². The van der Waals surface area contributed by atoms with Crippen molar-refractivity contribution in [3.05, 3.63) is 65.2 Å². The van der Waals surface area contributed by atoms with Gasteiger partial charge in [-0.1, -0.05) is 45.0 Å². The molecule has 2 aromatic rings. The standard InChI is InChI=1S/C18H22FN/c1-13(2)16-6-4-5-15(11-16)8-7-14(3)18-12-17(19)9-10-20-18/h4-6,9-14H,7-8H2,1-3H3. The van der Waals surface area contributed by atoms with Crippen LogP contribution in [0, 0.1) is 5.82 Å². The molecule has 2 heteroatoms. The molecule has 2 rings (SSSR count). The average molecular weight is 271 g/mol. The van der Waals surface area contributed by atoms with Gasteiger partial charge in [0.1, 0.15) is 5.82 Å². The Kier molecular flexibility index (Phi) is 4.89. The molecule has 1 aromatic carbocycles. The van der Waals surface area contributed by atoms with E-state index < -0.39 is 0 Å². The van der Waals surface area contributed by atoms with Crippen molar-refractivity contribution in [1.29, 1.82) is 0 Å². The molecule has 0 amide bonds. The highest BCUT2D eigenvalue weighted by Gasteiger charge is 2.09.